The molecule has 0 unspecified atom stereocenters. The monoisotopic (exact) mass is 193 g/mol. The fraction of sp³-hybridized carbons (Fsp3) is 0.833. The van der Waals surface area contributed by atoms with Gasteiger partial charge in [0.25, 0.3) is 10.1 Å². The molecule has 0 radical (unpaired) electrons. The van der Waals surface area contributed by atoms with Crippen molar-refractivity contribution in [1.82, 2.24) is 0 Å². The van der Waals surface area contributed by atoms with Crippen molar-refractivity contribution in [3.8, 4) is 0 Å². The lowest BCUT2D eigenvalue weighted by atomic mass is 10.2. The zero-order valence-electron chi connectivity index (χ0n) is 6.56. The van der Waals surface area contributed by atoms with Crippen LogP contribution >= 0.6 is 0 Å². The van der Waals surface area contributed by atoms with E-state index in [2.05, 4.69) is 4.99 Å². The molecule has 0 saturated carbocycles. The first-order valence-corrected chi connectivity index (χ1v) is 5.16. The van der Waals surface area contributed by atoms with Crippen LogP contribution in [0.1, 0.15) is 19.3 Å². The summed E-state index contributed by atoms with van der Waals surface area (Å²) in [5, 5.41) is 0. The molecule has 0 spiro atoms. The van der Waals surface area contributed by atoms with Gasteiger partial charge in [0.05, 0.1) is 12.3 Å². The smallest absolute Gasteiger partial charge is 0.264 e. The van der Waals surface area contributed by atoms with E-state index in [1.165, 1.54) is 6.08 Å². The van der Waals surface area contributed by atoms with Crippen molar-refractivity contribution in [3.63, 3.8) is 0 Å². The zero-order valence-corrected chi connectivity index (χ0v) is 7.38. The van der Waals surface area contributed by atoms with E-state index in [9.17, 15) is 13.2 Å². The maximum Gasteiger partial charge on any atom is 0.264 e. The Kier molecular flexibility index (Phi) is 5.53. The number of nitrogens with zero attached hydrogens (tertiary/aromatic N) is 1. The fourth-order valence-electron chi connectivity index (χ4n) is 0.698. The van der Waals surface area contributed by atoms with E-state index in [0.29, 0.717) is 25.8 Å². The minimum Gasteiger partial charge on any atom is -0.286 e. The number of hydrogen-bond donors (Lipinski definition) is 1. The summed E-state index contributed by atoms with van der Waals surface area (Å²) in [5.74, 6) is -0.224. The lowest BCUT2D eigenvalue weighted by Crippen LogP contribution is -2.03. The van der Waals surface area contributed by atoms with Gasteiger partial charge in [-0.2, -0.15) is 8.42 Å². The highest BCUT2D eigenvalue weighted by atomic mass is 32.2. The van der Waals surface area contributed by atoms with Gasteiger partial charge in [-0.1, -0.05) is 6.42 Å². The Balaban J connectivity index is 3.28. The van der Waals surface area contributed by atoms with Gasteiger partial charge < -0.3 is 0 Å². The van der Waals surface area contributed by atoms with Gasteiger partial charge in [0.1, 0.15) is 0 Å². The molecule has 0 atom stereocenters. The highest BCUT2D eigenvalue weighted by molar-refractivity contribution is 7.85. The summed E-state index contributed by atoms with van der Waals surface area (Å²) >= 11 is 0. The maximum absolute atomic E-state index is 10.2. The van der Waals surface area contributed by atoms with Crippen molar-refractivity contribution in [2.24, 2.45) is 4.99 Å². The minimum absolute atomic E-state index is 0.224. The Morgan fingerprint density at radius 1 is 1.25 bits per heavy atom. The minimum atomic E-state index is -3.82. The van der Waals surface area contributed by atoms with Crippen LogP contribution in [0.5, 0.6) is 0 Å². The number of hydrogen-bond acceptors (Lipinski definition) is 4. The van der Waals surface area contributed by atoms with Crippen LogP contribution in [0.15, 0.2) is 4.99 Å². The van der Waals surface area contributed by atoms with Crippen LogP contribution in [-0.2, 0) is 14.9 Å². The van der Waals surface area contributed by atoms with Crippen molar-refractivity contribution in [2.75, 3.05) is 12.3 Å². The molecule has 0 aromatic heterocycles. The van der Waals surface area contributed by atoms with Gasteiger partial charge in [0.15, 0.2) is 0 Å². The third-order valence-corrected chi connectivity index (χ3v) is 2.04. The number of carbonyl (C=O) groups excluding carboxylic acids is 1. The molecule has 0 aliphatic heterocycles. The molecular weight excluding hydrogens is 182 g/mol. The molecule has 0 saturated heterocycles. The largest absolute Gasteiger partial charge is 0.286 e. The number of unbranched alkanes of at least 4 members (excludes halogenated alkanes) is 2. The summed E-state index contributed by atoms with van der Waals surface area (Å²) in [5.41, 5.74) is 0. The van der Waals surface area contributed by atoms with Crippen LogP contribution in [0.25, 0.3) is 0 Å². The Hall–Kier alpha value is -0.710. The van der Waals surface area contributed by atoms with E-state index in [-0.39, 0.29) is 5.75 Å². The van der Waals surface area contributed by atoms with Gasteiger partial charge >= 0.3 is 0 Å². The number of isocyanates is 1. The van der Waals surface area contributed by atoms with Crippen molar-refractivity contribution < 1.29 is 17.8 Å². The molecule has 0 heterocycles. The first kappa shape index (κ1) is 11.3. The second-order valence-electron chi connectivity index (χ2n) is 2.32. The zero-order chi connectivity index (χ0) is 9.45. The lowest BCUT2D eigenvalue weighted by Gasteiger charge is -1.95. The Morgan fingerprint density at radius 2 is 1.92 bits per heavy atom. The van der Waals surface area contributed by atoms with Crippen LogP contribution in [0.4, 0.5) is 0 Å². The summed E-state index contributed by atoms with van der Waals surface area (Å²) in [4.78, 5) is 12.9. The second-order valence-corrected chi connectivity index (χ2v) is 3.89. The van der Waals surface area contributed by atoms with Gasteiger partial charge in [-0.15, -0.1) is 0 Å². The molecule has 70 valence electrons. The lowest BCUT2D eigenvalue weighted by molar-refractivity contribution is 0.479. The highest BCUT2D eigenvalue weighted by Gasteiger charge is 2.02. The van der Waals surface area contributed by atoms with Crippen LogP contribution in [0, 0.1) is 0 Å². The Bertz CT molecular complexity index is 253. The van der Waals surface area contributed by atoms with E-state index in [4.69, 9.17) is 4.55 Å². The summed E-state index contributed by atoms with van der Waals surface area (Å²) in [6.45, 7) is 0.370. The summed E-state index contributed by atoms with van der Waals surface area (Å²) < 4.78 is 28.7. The topological polar surface area (TPSA) is 83.8 Å². The normalized spacial score (nSPS) is 10.8. The van der Waals surface area contributed by atoms with E-state index in [0.717, 1.165) is 0 Å². The van der Waals surface area contributed by atoms with E-state index >= 15 is 0 Å². The third kappa shape index (κ3) is 9.29. The molecule has 0 bridgehead atoms. The van der Waals surface area contributed by atoms with Crippen LogP contribution in [0.3, 0.4) is 0 Å². The Morgan fingerprint density at radius 3 is 2.42 bits per heavy atom. The maximum atomic E-state index is 10.2. The quantitative estimate of drug-likeness (QED) is 0.286. The number of rotatable bonds is 6. The molecule has 5 nitrogen and oxygen atoms in total. The third-order valence-electron chi connectivity index (χ3n) is 1.24. The fourth-order valence-corrected chi connectivity index (χ4v) is 1.27. The van der Waals surface area contributed by atoms with Gasteiger partial charge in [0.2, 0.25) is 6.08 Å². The van der Waals surface area contributed by atoms with Gasteiger partial charge in [0, 0.05) is 0 Å². The molecule has 0 aromatic carbocycles. The summed E-state index contributed by atoms with van der Waals surface area (Å²) in [6, 6.07) is 0. The molecule has 12 heavy (non-hydrogen) atoms. The van der Waals surface area contributed by atoms with Crippen LogP contribution in [-0.4, -0.2) is 31.3 Å². The van der Waals surface area contributed by atoms with Crippen molar-refractivity contribution in [1.29, 1.82) is 0 Å². The standard InChI is InChI=1S/C6H11NO4S/c8-6-7-4-2-1-3-5-12(9,10)11/h1-5H2,(H,9,10,11). The molecule has 0 fully saturated rings. The van der Waals surface area contributed by atoms with Crippen LogP contribution < -0.4 is 0 Å². The van der Waals surface area contributed by atoms with Crippen molar-refractivity contribution in [2.45, 2.75) is 19.3 Å². The molecule has 1 N–H and O–H groups in total. The summed E-state index contributed by atoms with van der Waals surface area (Å²) in [7, 11) is -3.82. The van der Waals surface area contributed by atoms with E-state index < -0.39 is 10.1 Å². The van der Waals surface area contributed by atoms with E-state index in [1.54, 1.807) is 0 Å². The number of aliphatic imine (C=N–C) groups is 1. The molecular formula is C6H11NO4S. The average Bonchev–Trinajstić information content (AvgIpc) is 1.94. The molecule has 6 heteroatoms. The molecule has 0 aliphatic rings. The van der Waals surface area contributed by atoms with Gasteiger partial charge in [-0.25, -0.2) is 9.79 Å². The second kappa shape index (κ2) is 5.88. The predicted octanol–water partition coefficient (Wildman–Crippen LogP) is 0.380. The van der Waals surface area contributed by atoms with Crippen LogP contribution in [0.2, 0.25) is 0 Å². The SMILES string of the molecule is O=C=NCCCCCS(=O)(=O)O. The molecule has 0 aliphatic carbocycles. The average molecular weight is 193 g/mol. The molecule has 0 rings (SSSR count). The van der Waals surface area contributed by atoms with Crippen molar-refractivity contribution >= 4 is 16.2 Å². The van der Waals surface area contributed by atoms with Gasteiger partial charge in [-0.05, 0) is 12.8 Å². The van der Waals surface area contributed by atoms with E-state index in [1.807, 2.05) is 0 Å². The van der Waals surface area contributed by atoms with Gasteiger partial charge in [-0.3, -0.25) is 4.55 Å². The summed E-state index contributed by atoms with van der Waals surface area (Å²) in [6.07, 6.45) is 3.05. The first-order chi connectivity index (χ1) is 5.56. The molecule has 0 amide bonds. The first-order valence-electron chi connectivity index (χ1n) is 3.55. The Labute approximate surface area is 71.2 Å². The van der Waals surface area contributed by atoms with Crippen molar-refractivity contribution in [3.05, 3.63) is 0 Å². The predicted molar refractivity (Wildman–Crippen MR) is 43.3 cm³/mol. The highest BCUT2D eigenvalue weighted by Crippen LogP contribution is 1.98. The molecule has 0 aromatic rings.